The molecule has 2 N–H and O–H groups in total. The highest BCUT2D eigenvalue weighted by molar-refractivity contribution is 5.41. The van der Waals surface area contributed by atoms with Crippen molar-refractivity contribution < 1.29 is 5.11 Å². The number of nitrogens with one attached hydrogen (secondary N) is 1. The zero-order valence-electron chi connectivity index (χ0n) is 10.2. The highest BCUT2D eigenvalue weighted by atomic mass is 16.3. The van der Waals surface area contributed by atoms with Crippen LogP contribution in [0.15, 0.2) is 18.2 Å². The van der Waals surface area contributed by atoms with Crippen molar-refractivity contribution in [3.8, 4) is 5.75 Å². The molecule has 0 radical (unpaired) electrons. The first-order valence-electron chi connectivity index (χ1n) is 6.25. The smallest absolute Gasteiger partial charge is 0.119 e. The Hall–Kier alpha value is -1.02. The largest absolute Gasteiger partial charge is 0.508 e. The van der Waals surface area contributed by atoms with Crippen LogP contribution in [0.4, 0.5) is 0 Å². The molecule has 2 rings (SSSR count). The molecule has 16 heavy (non-hydrogen) atoms. The number of phenolic OH excluding ortho intramolecular Hbond substituents is 1. The van der Waals surface area contributed by atoms with Crippen LogP contribution in [0.3, 0.4) is 0 Å². The summed E-state index contributed by atoms with van der Waals surface area (Å²) in [4.78, 5) is 0. The molecular weight excluding hydrogens is 198 g/mol. The second kappa shape index (κ2) is 4.88. The van der Waals surface area contributed by atoms with Gasteiger partial charge in [-0.25, -0.2) is 0 Å². The molecule has 0 heterocycles. The molecular formula is C14H21NO. The molecule has 0 amide bonds. The molecule has 0 saturated carbocycles. The molecule has 88 valence electrons. The van der Waals surface area contributed by atoms with Crippen molar-refractivity contribution >= 4 is 0 Å². The van der Waals surface area contributed by atoms with Crippen molar-refractivity contribution in [2.45, 2.75) is 39.2 Å². The highest BCUT2D eigenvalue weighted by Gasteiger charge is 2.26. The summed E-state index contributed by atoms with van der Waals surface area (Å²) in [7, 11) is 0. The minimum absolute atomic E-state index is 0.465. The predicted molar refractivity (Wildman–Crippen MR) is 66.8 cm³/mol. The van der Waals surface area contributed by atoms with Crippen LogP contribution in [-0.4, -0.2) is 17.7 Å². The van der Waals surface area contributed by atoms with E-state index in [-0.39, 0.29) is 0 Å². The summed E-state index contributed by atoms with van der Waals surface area (Å²) in [6.07, 6.45) is 3.20. The molecule has 0 spiro atoms. The molecule has 2 heteroatoms. The van der Waals surface area contributed by atoms with Gasteiger partial charge in [0, 0.05) is 6.04 Å². The number of benzene rings is 1. The number of aromatic hydroxyl groups is 1. The Balaban J connectivity index is 2.16. The molecule has 0 bridgehead atoms. The molecule has 2 nitrogen and oxygen atoms in total. The lowest BCUT2D eigenvalue weighted by Crippen LogP contribution is -2.41. The number of phenols is 1. The van der Waals surface area contributed by atoms with Crippen LogP contribution < -0.4 is 5.32 Å². The fourth-order valence-electron chi connectivity index (χ4n) is 2.56. The van der Waals surface area contributed by atoms with Gasteiger partial charge in [0.05, 0.1) is 0 Å². The van der Waals surface area contributed by atoms with Crippen LogP contribution in [-0.2, 0) is 12.8 Å². The van der Waals surface area contributed by atoms with Crippen LogP contribution in [0.5, 0.6) is 5.75 Å². The van der Waals surface area contributed by atoms with Crippen molar-refractivity contribution in [1.29, 1.82) is 0 Å². The SMILES string of the molecule is CCCN[C@@H]1Cc2c(O)cccc2C[C@H]1C. The summed E-state index contributed by atoms with van der Waals surface area (Å²) in [5.41, 5.74) is 2.47. The Morgan fingerprint density at radius 3 is 2.94 bits per heavy atom. The summed E-state index contributed by atoms with van der Waals surface area (Å²) < 4.78 is 0. The van der Waals surface area contributed by atoms with E-state index in [1.165, 1.54) is 5.56 Å². The summed E-state index contributed by atoms with van der Waals surface area (Å²) >= 11 is 0. The molecule has 0 unspecified atom stereocenters. The summed E-state index contributed by atoms with van der Waals surface area (Å²) in [6, 6.07) is 6.40. The quantitative estimate of drug-likeness (QED) is 0.818. The molecule has 0 aromatic heterocycles. The molecule has 0 aliphatic heterocycles. The van der Waals surface area contributed by atoms with Gasteiger partial charge in [-0.1, -0.05) is 26.0 Å². The predicted octanol–water partition coefficient (Wildman–Crippen LogP) is 2.50. The van der Waals surface area contributed by atoms with Crippen molar-refractivity contribution in [3.05, 3.63) is 29.3 Å². The van der Waals surface area contributed by atoms with E-state index < -0.39 is 0 Å². The minimum Gasteiger partial charge on any atom is -0.508 e. The van der Waals surface area contributed by atoms with Crippen LogP contribution in [0.1, 0.15) is 31.4 Å². The Labute approximate surface area is 97.7 Å². The minimum atomic E-state index is 0.465. The van der Waals surface area contributed by atoms with Crippen molar-refractivity contribution in [2.24, 2.45) is 5.92 Å². The average molecular weight is 219 g/mol. The van der Waals surface area contributed by atoms with Gasteiger partial charge in [-0.3, -0.25) is 0 Å². The second-order valence-electron chi connectivity index (χ2n) is 4.86. The lowest BCUT2D eigenvalue weighted by atomic mass is 9.80. The fraction of sp³-hybridized carbons (Fsp3) is 0.571. The van der Waals surface area contributed by atoms with Crippen LogP contribution in [0.2, 0.25) is 0 Å². The second-order valence-corrected chi connectivity index (χ2v) is 4.86. The average Bonchev–Trinajstić information content (AvgIpc) is 2.27. The van der Waals surface area contributed by atoms with Gasteiger partial charge in [0.15, 0.2) is 0 Å². The number of rotatable bonds is 3. The van der Waals surface area contributed by atoms with E-state index in [0.29, 0.717) is 17.7 Å². The molecule has 0 saturated heterocycles. The third-order valence-corrected chi connectivity index (χ3v) is 3.56. The maximum Gasteiger partial charge on any atom is 0.119 e. The number of hydrogen-bond acceptors (Lipinski definition) is 2. The Morgan fingerprint density at radius 1 is 1.38 bits per heavy atom. The van der Waals surface area contributed by atoms with Gasteiger partial charge in [0.2, 0.25) is 0 Å². The topological polar surface area (TPSA) is 32.3 Å². The van der Waals surface area contributed by atoms with Gasteiger partial charge >= 0.3 is 0 Å². The van der Waals surface area contributed by atoms with E-state index >= 15 is 0 Å². The number of fused-ring (bicyclic) bond motifs is 1. The first kappa shape index (κ1) is 11.5. The van der Waals surface area contributed by atoms with Crippen LogP contribution >= 0.6 is 0 Å². The van der Waals surface area contributed by atoms with Gasteiger partial charge in [-0.2, -0.15) is 0 Å². The molecule has 1 aliphatic carbocycles. The molecule has 2 atom stereocenters. The first-order valence-corrected chi connectivity index (χ1v) is 6.25. The van der Waals surface area contributed by atoms with Crippen molar-refractivity contribution in [1.82, 2.24) is 5.32 Å². The van der Waals surface area contributed by atoms with Gasteiger partial charge in [0.25, 0.3) is 0 Å². The highest BCUT2D eigenvalue weighted by Crippen LogP contribution is 2.31. The Morgan fingerprint density at radius 2 is 2.19 bits per heavy atom. The van der Waals surface area contributed by atoms with Gasteiger partial charge < -0.3 is 10.4 Å². The van der Waals surface area contributed by atoms with Gasteiger partial charge in [-0.15, -0.1) is 0 Å². The lowest BCUT2D eigenvalue weighted by Gasteiger charge is -2.32. The third kappa shape index (κ3) is 2.22. The zero-order valence-corrected chi connectivity index (χ0v) is 10.2. The number of hydrogen-bond donors (Lipinski definition) is 2. The van der Waals surface area contributed by atoms with E-state index in [0.717, 1.165) is 31.4 Å². The van der Waals surface area contributed by atoms with E-state index in [1.54, 1.807) is 6.07 Å². The standard InChI is InChI=1S/C14H21NO/c1-3-7-15-13-9-12-11(8-10(13)2)5-4-6-14(12)16/h4-6,10,13,15-16H,3,7-9H2,1-2H3/t10-,13-/m1/s1. The fourth-order valence-corrected chi connectivity index (χ4v) is 2.56. The van der Waals surface area contributed by atoms with E-state index in [4.69, 9.17) is 0 Å². The van der Waals surface area contributed by atoms with E-state index in [1.807, 2.05) is 6.07 Å². The van der Waals surface area contributed by atoms with E-state index in [9.17, 15) is 5.11 Å². The van der Waals surface area contributed by atoms with Crippen molar-refractivity contribution in [3.63, 3.8) is 0 Å². The normalized spacial score (nSPS) is 24.1. The first-order chi connectivity index (χ1) is 7.72. The molecule has 0 fully saturated rings. The molecule has 1 aromatic rings. The monoisotopic (exact) mass is 219 g/mol. The van der Waals surface area contributed by atoms with Crippen LogP contribution in [0.25, 0.3) is 0 Å². The Bertz CT molecular complexity index is 362. The van der Waals surface area contributed by atoms with Crippen molar-refractivity contribution in [2.75, 3.05) is 6.54 Å². The maximum atomic E-state index is 9.86. The molecule has 1 aliphatic rings. The summed E-state index contributed by atoms with van der Waals surface area (Å²) in [5.74, 6) is 1.12. The Kier molecular flexibility index (Phi) is 3.49. The van der Waals surface area contributed by atoms with Gasteiger partial charge in [0.1, 0.15) is 5.75 Å². The summed E-state index contributed by atoms with van der Waals surface area (Å²) in [5, 5.41) is 13.4. The van der Waals surface area contributed by atoms with E-state index in [2.05, 4.69) is 25.2 Å². The third-order valence-electron chi connectivity index (χ3n) is 3.56. The summed E-state index contributed by atoms with van der Waals surface area (Å²) in [6.45, 7) is 5.55. The molecule has 1 aromatic carbocycles. The van der Waals surface area contributed by atoms with Crippen LogP contribution in [0, 0.1) is 5.92 Å². The maximum absolute atomic E-state index is 9.86. The zero-order chi connectivity index (χ0) is 11.5. The lowest BCUT2D eigenvalue weighted by molar-refractivity contribution is 0.345. The van der Waals surface area contributed by atoms with Gasteiger partial charge in [-0.05, 0) is 48.9 Å².